The number of hydrogen-bond donors (Lipinski definition) is 0. The third kappa shape index (κ3) is 2.19. The Kier molecular flexibility index (Phi) is 3.33. The Morgan fingerprint density at radius 2 is 2.00 bits per heavy atom. The summed E-state index contributed by atoms with van der Waals surface area (Å²) < 4.78 is 1.99. The predicted molar refractivity (Wildman–Crippen MR) is 71.5 cm³/mol. The number of aromatic nitrogens is 1. The Hall–Kier alpha value is -0.120. The lowest BCUT2D eigenvalue weighted by atomic mass is 10.1. The number of rotatable bonds is 1. The molecule has 0 atom stereocenters. The average Bonchev–Trinajstić information content (AvgIpc) is 2.18. The minimum Gasteiger partial charge on any atom is -0.235 e. The fourth-order valence-corrected chi connectivity index (χ4v) is 3.10. The first-order valence-corrected chi connectivity index (χ1v) is 6.52. The number of fused-ring (bicyclic) bond motifs is 1. The smallest absolute Gasteiger partial charge is 0.133 e. The molecule has 0 aliphatic carbocycles. The summed E-state index contributed by atoms with van der Waals surface area (Å²) in [4.78, 5) is 4.38. The van der Waals surface area contributed by atoms with Gasteiger partial charge in [0.15, 0.2) is 0 Å². The fraction of sp³-hybridized carbons (Fsp3) is 0.182. The van der Waals surface area contributed by atoms with E-state index in [9.17, 15) is 0 Å². The Balaban J connectivity index is 2.81. The van der Waals surface area contributed by atoms with Crippen LogP contribution in [0.25, 0.3) is 10.9 Å². The van der Waals surface area contributed by atoms with Crippen molar-refractivity contribution in [2.45, 2.75) is 13.3 Å². The molecule has 0 bridgehead atoms. The van der Waals surface area contributed by atoms with Crippen LogP contribution in [0.3, 0.4) is 0 Å². The highest BCUT2D eigenvalue weighted by Crippen LogP contribution is 2.30. The summed E-state index contributed by atoms with van der Waals surface area (Å²) in [5, 5.41) is 1.69. The molecule has 0 aliphatic rings. The molecule has 2 aromatic rings. The van der Waals surface area contributed by atoms with E-state index in [1.807, 2.05) is 12.1 Å². The monoisotopic (exact) mass is 347 g/mol. The lowest BCUT2D eigenvalue weighted by Crippen LogP contribution is -1.89. The highest BCUT2D eigenvalue weighted by Gasteiger charge is 2.07. The van der Waals surface area contributed by atoms with Gasteiger partial charge in [0.25, 0.3) is 0 Å². The molecule has 1 aromatic carbocycles. The molecule has 0 N–H and O–H groups in total. The third-order valence-electron chi connectivity index (χ3n) is 2.24. The first-order valence-electron chi connectivity index (χ1n) is 4.56. The molecule has 0 saturated heterocycles. The number of pyridine rings is 1. The van der Waals surface area contributed by atoms with Crippen molar-refractivity contribution < 1.29 is 0 Å². The summed E-state index contributed by atoms with van der Waals surface area (Å²) in [6, 6.07) is 6.10. The normalized spacial score (nSPS) is 10.9. The summed E-state index contributed by atoms with van der Waals surface area (Å²) in [7, 11) is 0. The van der Waals surface area contributed by atoms with Gasteiger partial charge in [0.05, 0.1) is 5.52 Å². The van der Waals surface area contributed by atoms with Gasteiger partial charge < -0.3 is 0 Å². The van der Waals surface area contributed by atoms with Crippen LogP contribution < -0.4 is 0 Å². The quantitative estimate of drug-likeness (QED) is 0.662. The molecule has 0 unspecified atom stereocenters. The van der Waals surface area contributed by atoms with Crippen LogP contribution >= 0.6 is 43.5 Å². The molecule has 0 saturated carbocycles. The molecule has 0 radical (unpaired) electrons. The first kappa shape index (κ1) is 11.4. The van der Waals surface area contributed by atoms with Crippen molar-refractivity contribution in [1.29, 1.82) is 0 Å². The Morgan fingerprint density at radius 1 is 1.27 bits per heavy atom. The Bertz CT molecular complexity index is 525. The van der Waals surface area contributed by atoms with Crippen LogP contribution in [0.2, 0.25) is 5.15 Å². The van der Waals surface area contributed by atoms with Crippen LogP contribution in [0.15, 0.2) is 27.1 Å². The molecule has 2 rings (SSSR count). The predicted octanol–water partition coefficient (Wildman–Crippen LogP) is 4.98. The highest BCUT2D eigenvalue weighted by molar-refractivity contribution is 9.11. The minimum atomic E-state index is 0.591. The zero-order chi connectivity index (χ0) is 11.0. The topological polar surface area (TPSA) is 12.9 Å². The van der Waals surface area contributed by atoms with Crippen molar-refractivity contribution >= 4 is 54.4 Å². The van der Waals surface area contributed by atoms with E-state index < -0.39 is 0 Å². The van der Waals surface area contributed by atoms with Gasteiger partial charge in [-0.1, -0.05) is 34.5 Å². The number of aryl methyl sites for hydroxylation is 1. The second-order valence-corrected chi connectivity index (χ2v) is 5.38. The van der Waals surface area contributed by atoms with Crippen molar-refractivity contribution in [3.05, 3.63) is 37.9 Å². The van der Waals surface area contributed by atoms with Gasteiger partial charge in [-0.25, -0.2) is 4.98 Å². The van der Waals surface area contributed by atoms with Gasteiger partial charge in [-0.15, -0.1) is 0 Å². The maximum atomic E-state index is 6.07. The fourth-order valence-electron chi connectivity index (χ4n) is 1.48. The molecule has 0 fully saturated rings. The van der Waals surface area contributed by atoms with Crippen LogP contribution in [0, 0.1) is 0 Å². The van der Waals surface area contributed by atoms with Crippen molar-refractivity contribution in [3.8, 4) is 0 Å². The Morgan fingerprint density at radius 3 is 2.67 bits per heavy atom. The van der Waals surface area contributed by atoms with Crippen molar-refractivity contribution in [2.24, 2.45) is 0 Å². The largest absolute Gasteiger partial charge is 0.235 e. The molecule has 0 spiro atoms. The zero-order valence-corrected chi connectivity index (χ0v) is 11.9. The van der Waals surface area contributed by atoms with E-state index in [4.69, 9.17) is 11.6 Å². The molecule has 78 valence electrons. The number of halogens is 3. The SMILES string of the molecule is CCc1cc2cc(Br)cc(Br)c2nc1Cl. The van der Waals surface area contributed by atoms with Gasteiger partial charge in [0.1, 0.15) is 5.15 Å². The minimum absolute atomic E-state index is 0.591. The van der Waals surface area contributed by atoms with Gasteiger partial charge in [0, 0.05) is 14.3 Å². The number of nitrogens with zero attached hydrogens (tertiary/aromatic N) is 1. The van der Waals surface area contributed by atoms with E-state index in [-0.39, 0.29) is 0 Å². The van der Waals surface area contributed by atoms with E-state index in [0.29, 0.717) is 5.15 Å². The number of benzene rings is 1. The lowest BCUT2D eigenvalue weighted by molar-refractivity contribution is 1.12. The van der Waals surface area contributed by atoms with E-state index in [1.165, 1.54) is 0 Å². The Labute approximate surface area is 110 Å². The molecule has 1 nitrogen and oxygen atoms in total. The second-order valence-electron chi connectivity index (χ2n) is 3.25. The first-order chi connectivity index (χ1) is 7.11. The molecule has 4 heteroatoms. The molecular weight excluding hydrogens is 341 g/mol. The summed E-state index contributed by atoms with van der Waals surface area (Å²) in [6.07, 6.45) is 0.895. The van der Waals surface area contributed by atoms with Crippen LogP contribution in [-0.4, -0.2) is 4.98 Å². The van der Waals surface area contributed by atoms with Gasteiger partial charge in [-0.3, -0.25) is 0 Å². The van der Waals surface area contributed by atoms with E-state index in [2.05, 4.69) is 49.8 Å². The summed E-state index contributed by atoms with van der Waals surface area (Å²) >= 11 is 13.0. The lowest BCUT2D eigenvalue weighted by Gasteiger charge is -2.05. The summed E-state index contributed by atoms with van der Waals surface area (Å²) in [5.41, 5.74) is 1.98. The van der Waals surface area contributed by atoms with E-state index in [1.54, 1.807) is 0 Å². The number of hydrogen-bond acceptors (Lipinski definition) is 1. The van der Waals surface area contributed by atoms with Crippen molar-refractivity contribution in [2.75, 3.05) is 0 Å². The average molecular weight is 349 g/mol. The van der Waals surface area contributed by atoms with E-state index in [0.717, 1.165) is 31.8 Å². The van der Waals surface area contributed by atoms with Crippen LogP contribution in [0.1, 0.15) is 12.5 Å². The van der Waals surface area contributed by atoms with E-state index >= 15 is 0 Å². The second kappa shape index (κ2) is 4.40. The van der Waals surface area contributed by atoms with Crippen LogP contribution in [0.4, 0.5) is 0 Å². The molecule has 0 aliphatic heterocycles. The van der Waals surface area contributed by atoms with Crippen LogP contribution in [0.5, 0.6) is 0 Å². The van der Waals surface area contributed by atoms with Gasteiger partial charge >= 0.3 is 0 Å². The zero-order valence-electron chi connectivity index (χ0n) is 8.02. The summed E-state index contributed by atoms with van der Waals surface area (Å²) in [6.45, 7) is 2.07. The van der Waals surface area contributed by atoms with Crippen molar-refractivity contribution in [3.63, 3.8) is 0 Å². The molecular formula is C11H8Br2ClN. The molecule has 15 heavy (non-hydrogen) atoms. The molecule has 1 heterocycles. The summed E-state index contributed by atoms with van der Waals surface area (Å²) in [5.74, 6) is 0. The highest BCUT2D eigenvalue weighted by atomic mass is 79.9. The van der Waals surface area contributed by atoms with Crippen molar-refractivity contribution in [1.82, 2.24) is 4.98 Å². The molecule has 0 amide bonds. The van der Waals surface area contributed by atoms with Crippen LogP contribution in [-0.2, 0) is 6.42 Å². The maximum Gasteiger partial charge on any atom is 0.133 e. The van der Waals surface area contributed by atoms with Gasteiger partial charge in [-0.05, 0) is 46.1 Å². The van der Waals surface area contributed by atoms with Gasteiger partial charge in [0.2, 0.25) is 0 Å². The third-order valence-corrected chi connectivity index (χ3v) is 3.63. The van der Waals surface area contributed by atoms with Gasteiger partial charge in [-0.2, -0.15) is 0 Å². The standard InChI is InChI=1S/C11H8Br2ClN/c1-2-6-3-7-4-8(12)5-9(13)10(7)15-11(6)14/h3-5H,2H2,1H3. The molecule has 1 aromatic heterocycles. The maximum absolute atomic E-state index is 6.07.